The number of rotatable bonds is 3. The SMILES string of the molecule is CCN(C(=O)[C@@H]1Cc2ccccc2CN1)c1ccccc1. The lowest BCUT2D eigenvalue weighted by molar-refractivity contribution is -0.120. The topological polar surface area (TPSA) is 32.3 Å². The zero-order chi connectivity index (χ0) is 14.7. The van der Waals surface area contributed by atoms with Gasteiger partial charge in [-0.2, -0.15) is 0 Å². The van der Waals surface area contributed by atoms with Gasteiger partial charge in [0, 0.05) is 18.8 Å². The second-order valence-corrected chi connectivity index (χ2v) is 5.32. The van der Waals surface area contributed by atoms with Gasteiger partial charge in [-0.25, -0.2) is 0 Å². The first kappa shape index (κ1) is 13.8. The molecule has 0 unspecified atom stereocenters. The minimum absolute atomic E-state index is 0.139. The van der Waals surface area contributed by atoms with Crippen molar-refractivity contribution in [2.75, 3.05) is 11.4 Å². The molecule has 3 rings (SSSR count). The second kappa shape index (κ2) is 6.10. The van der Waals surface area contributed by atoms with E-state index < -0.39 is 0 Å². The molecular formula is C18H20N2O. The first-order valence-electron chi connectivity index (χ1n) is 7.46. The Hall–Kier alpha value is -2.13. The highest BCUT2D eigenvalue weighted by atomic mass is 16.2. The van der Waals surface area contributed by atoms with E-state index in [1.165, 1.54) is 11.1 Å². The van der Waals surface area contributed by atoms with E-state index in [-0.39, 0.29) is 11.9 Å². The molecule has 21 heavy (non-hydrogen) atoms. The Balaban J connectivity index is 1.79. The molecule has 0 saturated heterocycles. The molecular weight excluding hydrogens is 260 g/mol. The third-order valence-electron chi connectivity index (χ3n) is 4.03. The molecule has 2 aromatic rings. The van der Waals surface area contributed by atoms with Gasteiger partial charge in [0.1, 0.15) is 0 Å². The van der Waals surface area contributed by atoms with Crippen molar-refractivity contribution in [2.45, 2.75) is 25.9 Å². The highest BCUT2D eigenvalue weighted by Gasteiger charge is 2.27. The van der Waals surface area contributed by atoms with Crippen LogP contribution in [0, 0.1) is 0 Å². The Bertz CT molecular complexity index is 624. The number of carbonyl (C=O) groups is 1. The summed E-state index contributed by atoms with van der Waals surface area (Å²) in [5, 5.41) is 3.37. The maximum atomic E-state index is 12.8. The summed E-state index contributed by atoms with van der Waals surface area (Å²) in [6, 6.07) is 18.1. The first-order chi connectivity index (χ1) is 10.3. The van der Waals surface area contributed by atoms with Gasteiger partial charge in [-0.05, 0) is 36.6 Å². The van der Waals surface area contributed by atoms with Crippen LogP contribution < -0.4 is 10.2 Å². The van der Waals surface area contributed by atoms with E-state index in [9.17, 15) is 4.79 Å². The summed E-state index contributed by atoms with van der Waals surface area (Å²) in [4.78, 5) is 14.7. The molecule has 1 N–H and O–H groups in total. The van der Waals surface area contributed by atoms with Crippen LogP contribution in [-0.2, 0) is 17.8 Å². The van der Waals surface area contributed by atoms with Crippen LogP contribution in [0.2, 0.25) is 0 Å². The molecule has 1 heterocycles. The van der Waals surface area contributed by atoms with Crippen molar-refractivity contribution < 1.29 is 4.79 Å². The fourth-order valence-corrected chi connectivity index (χ4v) is 2.89. The predicted molar refractivity (Wildman–Crippen MR) is 85.2 cm³/mol. The van der Waals surface area contributed by atoms with Crippen molar-refractivity contribution in [3.05, 3.63) is 65.7 Å². The lowest BCUT2D eigenvalue weighted by Gasteiger charge is -2.30. The summed E-state index contributed by atoms with van der Waals surface area (Å²) < 4.78 is 0. The molecule has 0 radical (unpaired) electrons. The van der Waals surface area contributed by atoms with Crippen molar-refractivity contribution >= 4 is 11.6 Å². The van der Waals surface area contributed by atoms with Crippen molar-refractivity contribution in [3.8, 4) is 0 Å². The van der Waals surface area contributed by atoms with Crippen LogP contribution in [0.4, 0.5) is 5.69 Å². The monoisotopic (exact) mass is 280 g/mol. The lowest BCUT2D eigenvalue weighted by atomic mass is 9.95. The molecule has 0 aliphatic carbocycles. The van der Waals surface area contributed by atoms with E-state index in [0.29, 0.717) is 6.54 Å². The zero-order valence-corrected chi connectivity index (χ0v) is 12.3. The largest absolute Gasteiger partial charge is 0.311 e. The maximum Gasteiger partial charge on any atom is 0.244 e. The second-order valence-electron chi connectivity index (χ2n) is 5.32. The standard InChI is InChI=1S/C18H20N2O/c1-2-20(16-10-4-3-5-11-16)18(21)17-12-14-8-6-7-9-15(14)13-19-17/h3-11,17,19H,2,12-13H2,1H3/t17-/m0/s1. The lowest BCUT2D eigenvalue weighted by Crippen LogP contribution is -2.49. The van der Waals surface area contributed by atoms with Gasteiger partial charge in [-0.15, -0.1) is 0 Å². The van der Waals surface area contributed by atoms with Gasteiger partial charge in [0.15, 0.2) is 0 Å². The third-order valence-corrected chi connectivity index (χ3v) is 4.03. The van der Waals surface area contributed by atoms with Gasteiger partial charge < -0.3 is 10.2 Å². The number of fused-ring (bicyclic) bond motifs is 1. The number of para-hydroxylation sites is 1. The summed E-state index contributed by atoms with van der Waals surface area (Å²) >= 11 is 0. The highest BCUT2D eigenvalue weighted by molar-refractivity contribution is 5.97. The van der Waals surface area contributed by atoms with Gasteiger partial charge in [0.2, 0.25) is 5.91 Å². The fourth-order valence-electron chi connectivity index (χ4n) is 2.89. The number of hydrogen-bond donors (Lipinski definition) is 1. The predicted octanol–water partition coefficient (Wildman–Crippen LogP) is 2.75. The van der Waals surface area contributed by atoms with E-state index in [2.05, 4.69) is 17.4 Å². The van der Waals surface area contributed by atoms with E-state index in [0.717, 1.165) is 18.7 Å². The fraction of sp³-hybridized carbons (Fsp3) is 0.278. The molecule has 0 fully saturated rings. The summed E-state index contributed by atoms with van der Waals surface area (Å²) in [7, 11) is 0. The van der Waals surface area contributed by atoms with Crippen LogP contribution in [0.3, 0.4) is 0 Å². The molecule has 1 atom stereocenters. The van der Waals surface area contributed by atoms with Gasteiger partial charge in [-0.3, -0.25) is 4.79 Å². The van der Waals surface area contributed by atoms with Crippen LogP contribution in [0.15, 0.2) is 54.6 Å². The van der Waals surface area contributed by atoms with Crippen LogP contribution in [0.25, 0.3) is 0 Å². The zero-order valence-electron chi connectivity index (χ0n) is 12.3. The van der Waals surface area contributed by atoms with E-state index in [1.54, 1.807) is 0 Å². The Morgan fingerprint density at radius 1 is 1.10 bits per heavy atom. The number of benzene rings is 2. The molecule has 1 aliphatic heterocycles. The van der Waals surface area contributed by atoms with Gasteiger partial charge in [0.25, 0.3) is 0 Å². The minimum Gasteiger partial charge on any atom is -0.311 e. The van der Waals surface area contributed by atoms with Crippen LogP contribution in [0.5, 0.6) is 0 Å². The molecule has 1 amide bonds. The smallest absolute Gasteiger partial charge is 0.244 e. The minimum atomic E-state index is -0.139. The highest BCUT2D eigenvalue weighted by Crippen LogP contribution is 2.20. The van der Waals surface area contributed by atoms with Gasteiger partial charge in [0.05, 0.1) is 6.04 Å². The average Bonchev–Trinajstić information content (AvgIpc) is 2.56. The van der Waals surface area contributed by atoms with E-state index in [4.69, 9.17) is 0 Å². The summed E-state index contributed by atoms with van der Waals surface area (Å²) in [6.07, 6.45) is 0.762. The van der Waals surface area contributed by atoms with Crippen molar-refractivity contribution in [2.24, 2.45) is 0 Å². The number of hydrogen-bond acceptors (Lipinski definition) is 2. The molecule has 3 nitrogen and oxygen atoms in total. The number of nitrogens with one attached hydrogen (secondary N) is 1. The van der Waals surface area contributed by atoms with Gasteiger partial charge in [-0.1, -0.05) is 42.5 Å². The van der Waals surface area contributed by atoms with E-state index in [1.807, 2.05) is 54.3 Å². The Morgan fingerprint density at radius 3 is 2.48 bits per heavy atom. The molecule has 108 valence electrons. The molecule has 0 bridgehead atoms. The molecule has 2 aromatic carbocycles. The average molecular weight is 280 g/mol. The Labute approximate surface area is 125 Å². The quantitative estimate of drug-likeness (QED) is 0.937. The normalized spacial score (nSPS) is 17.1. The first-order valence-corrected chi connectivity index (χ1v) is 7.46. The summed E-state index contributed by atoms with van der Waals surface area (Å²) in [5.41, 5.74) is 3.54. The van der Waals surface area contributed by atoms with Crippen LogP contribution >= 0.6 is 0 Å². The third kappa shape index (κ3) is 2.83. The Kier molecular flexibility index (Phi) is 4.02. The summed E-state index contributed by atoms with van der Waals surface area (Å²) in [6.45, 7) is 3.46. The van der Waals surface area contributed by atoms with Crippen molar-refractivity contribution in [1.29, 1.82) is 0 Å². The number of amides is 1. The van der Waals surface area contributed by atoms with Crippen LogP contribution in [-0.4, -0.2) is 18.5 Å². The number of anilines is 1. The Morgan fingerprint density at radius 2 is 1.76 bits per heavy atom. The summed E-state index contributed by atoms with van der Waals surface area (Å²) in [5.74, 6) is 0.151. The molecule has 3 heteroatoms. The molecule has 0 saturated carbocycles. The van der Waals surface area contributed by atoms with Crippen molar-refractivity contribution in [1.82, 2.24) is 5.32 Å². The van der Waals surface area contributed by atoms with E-state index >= 15 is 0 Å². The molecule has 1 aliphatic rings. The number of likely N-dealkylation sites (N-methyl/N-ethyl adjacent to an activating group) is 1. The van der Waals surface area contributed by atoms with Gasteiger partial charge >= 0.3 is 0 Å². The van der Waals surface area contributed by atoms with Crippen LogP contribution in [0.1, 0.15) is 18.1 Å². The maximum absolute atomic E-state index is 12.8. The van der Waals surface area contributed by atoms with Crippen molar-refractivity contribution in [3.63, 3.8) is 0 Å². The molecule has 0 aromatic heterocycles. The number of nitrogens with zero attached hydrogens (tertiary/aromatic N) is 1. The number of carbonyl (C=O) groups excluding carboxylic acids is 1. The molecule has 0 spiro atoms.